The molecular weight excluding hydrogens is 264 g/mol. The highest BCUT2D eigenvalue weighted by Crippen LogP contribution is 2.26. The van der Waals surface area contributed by atoms with Gasteiger partial charge in [0.15, 0.2) is 0 Å². The molecule has 0 fully saturated rings. The molecule has 1 aromatic carbocycles. The summed E-state index contributed by atoms with van der Waals surface area (Å²) in [6, 6.07) is 8.10. The first kappa shape index (κ1) is 15.4. The maximum absolute atomic E-state index is 12.1. The van der Waals surface area contributed by atoms with E-state index in [0.717, 1.165) is 16.7 Å². The Morgan fingerprint density at radius 2 is 2.05 bits per heavy atom. The number of aromatic nitrogens is 1. The lowest BCUT2D eigenvalue weighted by atomic mass is 10.1. The zero-order valence-electron chi connectivity index (χ0n) is 13.2. The minimum atomic E-state index is 0.0375. The molecule has 0 spiro atoms. The molecule has 0 saturated heterocycles. The third-order valence-corrected chi connectivity index (χ3v) is 3.78. The van der Waals surface area contributed by atoms with Crippen LogP contribution in [0.1, 0.15) is 27.7 Å². The van der Waals surface area contributed by atoms with Gasteiger partial charge in [-0.1, -0.05) is 19.9 Å². The van der Waals surface area contributed by atoms with Gasteiger partial charge in [-0.2, -0.15) is 0 Å². The van der Waals surface area contributed by atoms with Crippen LogP contribution in [0.5, 0.6) is 5.75 Å². The summed E-state index contributed by atoms with van der Waals surface area (Å²) in [7, 11) is 0. The number of fused-ring (bicyclic) bond motifs is 1. The standard InChI is InChI=1S/C17H24N2O2/c1-5-21-16-8-6-7-15-14(16)9-10-19(15)11-17(20)18-13(4)12(2)3/h6-10,12-13H,5,11H2,1-4H3,(H,18,20). The number of benzene rings is 1. The third kappa shape index (κ3) is 3.57. The van der Waals surface area contributed by atoms with Gasteiger partial charge in [0, 0.05) is 17.6 Å². The van der Waals surface area contributed by atoms with E-state index in [9.17, 15) is 4.79 Å². The largest absolute Gasteiger partial charge is 0.493 e. The number of rotatable bonds is 6. The van der Waals surface area contributed by atoms with Gasteiger partial charge in [0.1, 0.15) is 12.3 Å². The third-order valence-electron chi connectivity index (χ3n) is 3.78. The maximum atomic E-state index is 12.1. The average molecular weight is 288 g/mol. The van der Waals surface area contributed by atoms with Gasteiger partial charge in [-0.15, -0.1) is 0 Å². The van der Waals surface area contributed by atoms with Crippen LogP contribution < -0.4 is 10.1 Å². The Labute approximate surface area is 126 Å². The van der Waals surface area contributed by atoms with Crippen LogP contribution in [0.15, 0.2) is 30.5 Å². The zero-order chi connectivity index (χ0) is 15.4. The smallest absolute Gasteiger partial charge is 0.240 e. The minimum absolute atomic E-state index is 0.0375. The molecule has 1 unspecified atom stereocenters. The normalized spacial score (nSPS) is 12.6. The Hall–Kier alpha value is -1.97. The topological polar surface area (TPSA) is 43.3 Å². The van der Waals surface area contributed by atoms with E-state index in [-0.39, 0.29) is 11.9 Å². The van der Waals surface area contributed by atoms with Crippen LogP contribution in [0.3, 0.4) is 0 Å². The maximum Gasteiger partial charge on any atom is 0.240 e. The summed E-state index contributed by atoms with van der Waals surface area (Å²) in [6.45, 7) is 9.17. The van der Waals surface area contributed by atoms with Gasteiger partial charge in [0.2, 0.25) is 5.91 Å². The van der Waals surface area contributed by atoms with Crippen molar-refractivity contribution in [2.45, 2.75) is 40.3 Å². The molecular formula is C17H24N2O2. The van der Waals surface area contributed by atoms with Gasteiger partial charge < -0.3 is 14.6 Å². The second-order valence-corrected chi connectivity index (χ2v) is 5.67. The van der Waals surface area contributed by atoms with E-state index in [2.05, 4.69) is 19.2 Å². The van der Waals surface area contributed by atoms with Crippen LogP contribution in [0.2, 0.25) is 0 Å². The molecule has 2 aromatic rings. The Balaban J connectivity index is 2.16. The van der Waals surface area contributed by atoms with Crippen LogP contribution in [0.25, 0.3) is 10.9 Å². The van der Waals surface area contributed by atoms with E-state index in [4.69, 9.17) is 4.74 Å². The van der Waals surface area contributed by atoms with Crippen LogP contribution in [-0.4, -0.2) is 23.1 Å². The number of carbonyl (C=O) groups is 1. The summed E-state index contributed by atoms with van der Waals surface area (Å²) < 4.78 is 7.58. The summed E-state index contributed by atoms with van der Waals surface area (Å²) >= 11 is 0. The molecule has 1 aromatic heterocycles. The predicted octanol–water partition coefficient (Wildman–Crippen LogP) is 3.20. The number of nitrogens with one attached hydrogen (secondary N) is 1. The minimum Gasteiger partial charge on any atom is -0.493 e. The van der Waals surface area contributed by atoms with E-state index < -0.39 is 0 Å². The van der Waals surface area contributed by atoms with Crippen molar-refractivity contribution in [3.8, 4) is 5.75 Å². The molecule has 1 amide bonds. The van der Waals surface area contributed by atoms with Crippen molar-refractivity contribution in [2.75, 3.05) is 6.61 Å². The Bertz CT molecular complexity index is 616. The van der Waals surface area contributed by atoms with E-state index >= 15 is 0 Å². The molecule has 4 nitrogen and oxygen atoms in total. The molecule has 4 heteroatoms. The number of amides is 1. The highest BCUT2D eigenvalue weighted by molar-refractivity contribution is 5.88. The lowest BCUT2D eigenvalue weighted by Crippen LogP contribution is -2.38. The van der Waals surface area contributed by atoms with Gasteiger partial charge in [-0.25, -0.2) is 0 Å². The van der Waals surface area contributed by atoms with Crippen molar-refractivity contribution in [3.63, 3.8) is 0 Å². The predicted molar refractivity (Wildman–Crippen MR) is 85.5 cm³/mol. The van der Waals surface area contributed by atoms with E-state index in [1.807, 2.05) is 48.9 Å². The molecule has 0 aliphatic carbocycles. The number of ether oxygens (including phenoxy) is 1. The zero-order valence-corrected chi connectivity index (χ0v) is 13.2. The molecule has 21 heavy (non-hydrogen) atoms. The summed E-state index contributed by atoms with van der Waals surface area (Å²) in [5, 5.41) is 4.08. The highest BCUT2D eigenvalue weighted by atomic mass is 16.5. The number of nitrogens with zero attached hydrogens (tertiary/aromatic N) is 1. The molecule has 0 aliphatic heterocycles. The Kier molecular flexibility index (Phi) is 4.89. The van der Waals surface area contributed by atoms with E-state index in [0.29, 0.717) is 19.1 Å². The van der Waals surface area contributed by atoms with Crippen LogP contribution >= 0.6 is 0 Å². The van der Waals surface area contributed by atoms with Crippen molar-refractivity contribution in [1.82, 2.24) is 9.88 Å². The quantitative estimate of drug-likeness (QED) is 0.887. The average Bonchev–Trinajstić information content (AvgIpc) is 2.83. The lowest BCUT2D eigenvalue weighted by molar-refractivity contribution is -0.122. The lowest BCUT2D eigenvalue weighted by Gasteiger charge is -2.17. The Morgan fingerprint density at radius 3 is 2.71 bits per heavy atom. The first-order valence-corrected chi connectivity index (χ1v) is 7.53. The molecule has 1 atom stereocenters. The van der Waals surface area contributed by atoms with Crippen molar-refractivity contribution in [1.29, 1.82) is 0 Å². The molecule has 2 rings (SSSR count). The summed E-state index contributed by atoms with van der Waals surface area (Å²) in [6.07, 6.45) is 1.94. The highest BCUT2D eigenvalue weighted by Gasteiger charge is 2.13. The number of carbonyl (C=O) groups excluding carboxylic acids is 1. The molecule has 0 aliphatic rings. The fourth-order valence-corrected chi connectivity index (χ4v) is 2.24. The van der Waals surface area contributed by atoms with Crippen molar-refractivity contribution in [2.24, 2.45) is 5.92 Å². The summed E-state index contributed by atoms with van der Waals surface area (Å²) in [5.41, 5.74) is 1.02. The molecule has 1 heterocycles. The first-order valence-electron chi connectivity index (χ1n) is 7.53. The molecule has 1 N–H and O–H groups in total. The first-order chi connectivity index (χ1) is 10.0. The molecule has 0 bridgehead atoms. The second kappa shape index (κ2) is 6.66. The van der Waals surface area contributed by atoms with Crippen molar-refractivity contribution >= 4 is 16.8 Å². The molecule has 0 radical (unpaired) electrons. The summed E-state index contributed by atoms with van der Waals surface area (Å²) in [5.74, 6) is 1.33. The van der Waals surface area contributed by atoms with Gasteiger partial charge in [0.25, 0.3) is 0 Å². The van der Waals surface area contributed by atoms with E-state index in [1.165, 1.54) is 0 Å². The monoisotopic (exact) mass is 288 g/mol. The fraction of sp³-hybridized carbons (Fsp3) is 0.471. The SMILES string of the molecule is CCOc1cccc2c1ccn2CC(=O)NC(C)C(C)C. The van der Waals surface area contributed by atoms with Crippen molar-refractivity contribution in [3.05, 3.63) is 30.5 Å². The van der Waals surface area contributed by atoms with Crippen LogP contribution in [0.4, 0.5) is 0 Å². The van der Waals surface area contributed by atoms with Crippen molar-refractivity contribution < 1.29 is 9.53 Å². The van der Waals surface area contributed by atoms with E-state index in [1.54, 1.807) is 0 Å². The van der Waals surface area contributed by atoms with Gasteiger partial charge >= 0.3 is 0 Å². The molecule has 0 saturated carbocycles. The summed E-state index contributed by atoms with van der Waals surface area (Å²) in [4.78, 5) is 12.1. The second-order valence-electron chi connectivity index (χ2n) is 5.67. The number of hydrogen-bond acceptors (Lipinski definition) is 2. The fourth-order valence-electron chi connectivity index (χ4n) is 2.24. The molecule has 114 valence electrons. The Morgan fingerprint density at radius 1 is 1.29 bits per heavy atom. The van der Waals surface area contributed by atoms with Gasteiger partial charge in [0.05, 0.1) is 12.1 Å². The number of hydrogen-bond donors (Lipinski definition) is 1. The van der Waals surface area contributed by atoms with Crippen LogP contribution in [0, 0.1) is 5.92 Å². The van der Waals surface area contributed by atoms with Gasteiger partial charge in [-0.05, 0) is 38.0 Å². The van der Waals surface area contributed by atoms with Crippen LogP contribution in [-0.2, 0) is 11.3 Å². The van der Waals surface area contributed by atoms with Gasteiger partial charge in [-0.3, -0.25) is 4.79 Å².